The van der Waals surface area contributed by atoms with Gasteiger partial charge in [-0.25, -0.2) is 4.39 Å². The van der Waals surface area contributed by atoms with Gasteiger partial charge in [0, 0.05) is 6.07 Å². The lowest BCUT2D eigenvalue weighted by Crippen LogP contribution is -2.07. The summed E-state index contributed by atoms with van der Waals surface area (Å²) in [4.78, 5) is 0. The Morgan fingerprint density at radius 2 is 1.70 bits per heavy atom. The highest BCUT2D eigenvalue weighted by Gasteiger charge is 2.34. The lowest BCUT2D eigenvalue weighted by Gasteiger charge is -2.14. The number of anilines is 1. The molecule has 0 amide bonds. The first kappa shape index (κ1) is 14.9. The molecule has 7 heteroatoms. The Bertz CT molecular complexity index is 643. The lowest BCUT2D eigenvalue weighted by atomic mass is 10.2. The first-order valence-electron chi connectivity index (χ1n) is 5.37. The van der Waals surface area contributed by atoms with Crippen LogP contribution in [-0.2, 0) is 6.18 Å². The molecule has 20 heavy (non-hydrogen) atoms. The molecule has 2 aromatic rings. The van der Waals surface area contributed by atoms with Gasteiger partial charge in [-0.1, -0.05) is 12.1 Å². The van der Waals surface area contributed by atoms with Crippen molar-refractivity contribution < 1.29 is 22.3 Å². The zero-order valence-electron chi connectivity index (χ0n) is 9.84. The minimum absolute atomic E-state index is 0.0628. The summed E-state index contributed by atoms with van der Waals surface area (Å²) in [7, 11) is 0. The molecule has 2 N–H and O–H groups in total. The third kappa shape index (κ3) is 3.14. The predicted octanol–water partition coefficient (Wildman–Crippen LogP) is 4.82. The molecule has 0 saturated carbocycles. The Balaban J connectivity index is 2.43. The predicted molar refractivity (Wildman–Crippen MR) is 75.0 cm³/mol. The first-order chi connectivity index (χ1) is 9.29. The quantitative estimate of drug-likeness (QED) is 0.448. The van der Waals surface area contributed by atoms with Crippen molar-refractivity contribution in [1.82, 2.24) is 0 Å². The van der Waals surface area contributed by atoms with Gasteiger partial charge in [0.1, 0.15) is 11.6 Å². The molecule has 0 unspecified atom stereocenters. The zero-order chi connectivity index (χ0) is 14.9. The van der Waals surface area contributed by atoms with E-state index in [2.05, 4.69) is 0 Å². The Hall–Kier alpha value is -1.51. The summed E-state index contributed by atoms with van der Waals surface area (Å²) in [6.45, 7) is 0. The molecule has 2 nitrogen and oxygen atoms in total. The van der Waals surface area contributed by atoms with Crippen LogP contribution in [-0.4, -0.2) is 0 Å². The van der Waals surface area contributed by atoms with Crippen molar-refractivity contribution in [2.75, 3.05) is 5.73 Å². The Labute approximate surface area is 125 Å². The van der Waals surface area contributed by atoms with Gasteiger partial charge >= 0.3 is 6.18 Å². The van der Waals surface area contributed by atoms with Gasteiger partial charge in [-0.05, 0) is 40.8 Å². The number of hydrogen-bond acceptors (Lipinski definition) is 2. The van der Waals surface area contributed by atoms with E-state index in [9.17, 15) is 17.6 Å². The number of para-hydroxylation sites is 1. The van der Waals surface area contributed by atoms with Crippen molar-refractivity contribution >= 4 is 28.3 Å². The van der Waals surface area contributed by atoms with Crippen LogP contribution in [0.5, 0.6) is 11.5 Å². The molecule has 0 fully saturated rings. The number of ether oxygens (including phenoxy) is 1. The summed E-state index contributed by atoms with van der Waals surface area (Å²) < 4.78 is 57.2. The Morgan fingerprint density at radius 3 is 2.35 bits per heavy atom. The molecule has 2 aromatic carbocycles. The van der Waals surface area contributed by atoms with E-state index in [1.807, 2.05) is 0 Å². The van der Waals surface area contributed by atoms with Gasteiger partial charge in [0.05, 0.1) is 14.8 Å². The fraction of sp³-hybridized carbons (Fsp3) is 0.0769. The standard InChI is InChI=1S/C13H8F4INO/c14-8-5-12(10(19)6-9(8)18)20-11-4-2-1-3-7(11)13(15,16)17/h1-6H,19H2. The van der Waals surface area contributed by atoms with E-state index in [0.717, 1.165) is 18.2 Å². The molecule has 0 radical (unpaired) electrons. The average Bonchev–Trinajstić information content (AvgIpc) is 2.35. The normalized spacial score (nSPS) is 11.4. The summed E-state index contributed by atoms with van der Waals surface area (Å²) >= 11 is 1.73. The monoisotopic (exact) mass is 397 g/mol. The topological polar surface area (TPSA) is 35.2 Å². The second kappa shape index (κ2) is 5.47. The maximum absolute atomic E-state index is 13.4. The van der Waals surface area contributed by atoms with E-state index in [1.54, 1.807) is 22.6 Å². The number of nitrogen functional groups attached to an aromatic ring is 1. The van der Waals surface area contributed by atoms with E-state index in [1.165, 1.54) is 18.2 Å². The van der Waals surface area contributed by atoms with Crippen LogP contribution in [0.25, 0.3) is 0 Å². The van der Waals surface area contributed by atoms with Crippen LogP contribution in [0, 0.1) is 9.39 Å². The third-order valence-electron chi connectivity index (χ3n) is 2.47. The number of benzene rings is 2. The molecule has 0 aliphatic rings. The van der Waals surface area contributed by atoms with Crippen molar-refractivity contribution in [3.63, 3.8) is 0 Å². The van der Waals surface area contributed by atoms with Crippen molar-refractivity contribution in [2.24, 2.45) is 0 Å². The molecule has 2 rings (SSSR count). The number of alkyl halides is 3. The van der Waals surface area contributed by atoms with Crippen LogP contribution in [0.15, 0.2) is 36.4 Å². The first-order valence-corrected chi connectivity index (χ1v) is 6.45. The summed E-state index contributed by atoms with van der Waals surface area (Å²) in [5.41, 5.74) is 4.74. The summed E-state index contributed by atoms with van der Waals surface area (Å²) in [6.07, 6.45) is -4.56. The molecule has 0 aliphatic heterocycles. The van der Waals surface area contributed by atoms with Gasteiger partial charge in [0.25, 0.3) is 0 Å². The summed E-state index contributed by atoms with van der Waals surface area (Å²) in [6, 6.07) is 6.93. The van der Waals surface area contributed by atoms with Crippen LogP contribution < -0.4 is 10.5 Å². The van der Waals surface area contributed by atoms with Crippen LogP contribution in [0.3, 0.4) is 0 Å². The van der Waals surface area contributed by atoms with Crippen molar-refractivity contribution in [3.05, 3.63) is 51.3 Å². The number of rotatable bonds is 2. The van der Waals surface area contributed by atoms with Gasteiger partial charge < -0.3 is 10.5 Å². The Kier molecular flexibility index (Phi) is 4.07. The second-order valence-electron chi connectivity index (χ2n) is 3.90. The van der Waals surface area contributed by atoms with Crippen LogP contribution in [0.2, 0.25) is 0 Å². The SMILES string of the molecule is Nc1cc(I)c(F)cc1Oc1ccccc1C(F)(F)F. The zero-order valence-corrected chi connectivity index (χ0v) is 12.0. The van der Waals surface area contributed by atoms with Gasteiger partial charge in [0.15, 0.2) is 5.75 Å². The largest absolute Gasteiger partial charge is 0.454 e. The van der Waals surface area contributed by atoms with Crippen LogP contribution in [0.1, 0.15) is 5.56 Å². The van der Waals surface area contributed by atoms with E-state index < -0.39 is 23.3 Å². The number of halogens is 5. The van der Waals surface area contributed by atoms with Crippen molar-refractivity contribution in [2.45, 2.75) is 6.18 Å². The highest BCUT2D eigenvalue weighted by molar-refractivity contribution is 14.1. The van der Waals surface area contributed by atoms with E-state index in [4.69, 9.17) is 10.5 Å². The summed E-state index contributed by atoms with van der Waals surface area (Å²) in [5.74, 6) is -1.19. The Morgan fingerprint density at radius 1 is 1.05 bits per heavy atom. The van der Waals surface area contributed by atoms with Crippen LogP contribution >= 0.6 is 22.6 Å². The van der Waals surface area contributed by atoms with Gasteiger partial charge in [-0.2, -0.15) is 13.2 Å². The molecule has 0 heterocycles. The van der Waals surface area contributed by atoms with Gasteiger partial charge in [0.2, 0.25) is 0 Å². The molecule has 0 spiro atoms. The van der Waals surface area contributed by atoms with E-state index in [-0.39, 0.29) is 15.0 Å². The highest BCUT2D eigenvalue weighted by Crippen LogP contribution is 2.39. The van der Waals surface area contributed by atoms with E-state index in [0.29, 0.717) is 0 Å². The van der Waals surface area contributed by atoms with E-state index >= 15 is 0 Å². The summed E-state index contributed by atoms with van der Waals surface area (Å²) in [5, 5.41) is 0. The average molecular weight is 397 g/mol. The highest BCUT2D eigenvalue weighted by atomic mass is 127. The molecule has 0 saturated heterocycles. The fourth-order valence-electron chi connectivity index (χ4n) is 1.54. The fourth-order valence-corrected chi connectivity index (χ4v) is 2.03. The second-order valence-corrected chi connectivity index (χ2v) is 5.06. The minimum Gasteiger partial charge on any atom is -0.454 e. The third-order valence-corrected chi connectivity index (χ3v) is 3.29. The van der Waals surface area contributed by atoms with Gasteiger partial charge in [-0.15, -0.1) is 0 Å². The molecular weight excluding hydrogens is 389 g/mol. The number of nitrogens with two attached hydrogens (primary N) is 1. The maximum Gasteiger partial charge on any atom is 0.419 e. The smallest absolute Gasteiger partial charge is 0.419 e. The minimum atomic E-state index is -4.56. The molecular formula is C13H8F4INO. The number of hydrogen-bond donors (Lipinski definition) is 1. The lowest BCUT2D eigenvalue weighted by molar-refractivity contribution is -0.138. The molecule has 0 aromatic heterocycles. The molecule has 106 valence electrons. The van der Waals surface area contributed by atoms with Crippen molar-refractivity contribution in [1.29, 1.82) is 0 Å². The van der Waals surface area contributed by atoms with Crippen LogP contribution in [0.4, 0.5) is 23.2 Å². The molecule has 0 aliphatic carbocycles. The maximum atomic E-state index is 13.4. The van der Waals surface area contributed by atoms with Crippen molar-refractivity contribution in [3.8, 4) is 11.5 Å². The molecule has 0 bridgehead atoms. The van der Waals surface area contributed by atoms with Gasteiger partial charge in [-0.3, -0.25) is 0 Å². The molecule has 0 atom stereocenters.